The van der Waals surface area contributed by atoms with Crippen LogP contribution in [0.4, 0.5) is 0 Å². The predicted molar refractivity (Wildman–Crippen MR) is 97.6 cm³/mol. The van der Waals surface area contributed by atoms with Gasteiger partial charge in [0.1, 0.15) is 5.69 Å². The van der Waals surface area contributed by atoms with Crippen molar-refractivity contribution in [3.63, 3.8) is 0 Å². The van der Waals surface area contributed by atoms with Crippen molar-refractivity contribution in [2.75, 3.05) is 0 Å². The Kier molecular flexibility index (Phi) is 5.32. The summed E-state index contributed by atoms with van der Waals surface area (Å²) in [7, 11) is 0. The van der Waals surface area contributed by atoms with Crippen LogP contribution in [0.3, 0.4) is 0 Å². The van der Waals surface area contributed by atoms with Crippen LogP contribution in [0, 0.1) is 12.3 Å². The van der Waals surface area contributed by atoms with Crippen molar-refractivity contribution in [1.29, 1.82) is 0 Å². The maximum Gasteiger partial charge on any atom is 0.300 e. The molecule has 0 spiro atoms. The van der Waals surface area contributed by atoms with E-state index in [-0.39, 0.29) is 5.56 Å². The lowest BCUT2D eigenvalue weighted by Crippen LogP contribution is -2.21. The lowest BCUT2D eigenvalue weighted by Gasteiger charge is -2.12. The van der Waals surface area contributed by atoms with Crippen molar-refractivity contribution in [2.45, 2.75) is 25.8 Å². The molecule has 0 aliphatic carbocycles. The van der Waals surface area contributed by atoms with Gasteiger partial charge in [-0.2, -0.15) is 10.1 Å². The van der Waals surface area contributed by atoms with Gasteiger partial charge in [0.25, 0.3) is 5.56 Å². The van der Waals surface area contributed by atoms with Gasteiger partial charge in [-0.1, -0.05) is 36.4 Å². The molecule has 5 nitrogen and oxygen atoms in total. The lowest BCUT2D eigenvalue weighted by atomic mass is 10.2. The lowest BCUT2D eigenvalue weighted by molar-refractivity contribution is 0.547. The number of terminal acetylenes is 1. The molecule has 2 aromatic heterocycles. The molecule has 0 bridgehead atoms. The fourth-order valence-electron chi connectivity index (χ4n) is 2.52. The van der Waals surface area contributed by atoms with Gasteiger partial charge in [0, 0.05) is 24.7 Å². The van der Waals surface area contributed by atoms with E-state index in [1.54, 1.807) is 10.9 Å². The SMILES string of the molecule is C#CCCCCn1nc(-c2ccccc2)c(=O)nc1-c1ccccn1. The van der Waals surface area contributed by atoms with E-state index in [0.717, 1.165) is 24.8 Å². The number of aromatic nitrogens is 4. The minimum absolute atomic E-state index is 0.345. The second-order valence-corrected chi connectivity index (χ2v) is 5.55. The fraction of sp³-hybridized carbons (Fsp3) is 0.200. The summed E-state index contributed by atoms with van der Waals surface area (Å²) in [4.78, 5) is 21.1. The highest BCUT2D eigenvalue weighted by atomic mass is 16.1. The molecule has 0 N–H and O–H groups in total. The monoisotopic (exact) mass is 330 g/mol. The van der Waals surface area contributed by atoms with Crippen LogP contribution < -0.4 is 5.56 Å². The zero-order valence-electron chi connectivity index (χ0n) is 13.8. The number of hydrogen-bond donors (Lipinski definition) is 0. The Labute approximate surface area is 146 Å². The summed E-state index contributed by atoms with van der Waals surface area (Å²) in [5.74, 6) is 3.12. The Morgan fingerprint density at radius 1 is 1.04 bits per heavy atom. The van der Waals surface area contributed by atoms with Crippen molar-refractivity contribution < 1.29 is 0 Å². The predicted octanol–water partition coefficient (Wildman–Crippen LogP) is 3.17. The maximum atomic E-state index is 12.5. The molecule has 124 valence electrons. The Bertz CT molecular complexity index is 927. The van der Waals surface area contributed by atoms with Crippen molar-refractivity contribution >= 4 is 0 Å². The molecule has 0 amide bonds. The third-order valence-corrected chi connectivity index (χ3v) is 3.76. The van der Waals surface area contributed by atoms with Gasteiger partial charge in [0.15, 0.2) is 11.5 Å². The number of hydrogen-bond acceptors (Lipinski definition) is 4. The number of rotatable bonds is 6. The third-order valence-electron chi connectivity index (χ3n) is 3.76. The van der Waals surface area contributed by atoms with Crippen LogP contribution >= 0.6 is 0 Å². The Morgan fingerprint density at radius 3 is 2.56 bits per heavy atom. The first-order chi connectivity index (χ1) is 12.3. The molecular formula is C20H18N4O. The van der Waals surface area contributed by atoms with Gasteiger partial charge in [-0.3, -0.25) is 9.78 Å². The number of pyridine rings is 1. The number of nitrogens with zero attached hydrogens (tertiary/aromatic N) is 4. The fourth-order valence-corrected chi connectivity index (χ4v) is 2.52. The summed E-state index contributed by atoms with van der Waals surface area (Å²) in [5, 5.41) is 4.57. The van der Waals surface area contributed by atoms with Gasteiger partial charge >= 0.3 is 0 Å². The molecule has 0 unspecified atom stereocenters. The van der Waals surface area contributed by atoms with Crippen LogP contribution in [-0.2, 0) is 6.54 Å². The highest BCUT2D eigenvalue weighted by Gasteiger charge is 2.14. The van der Waals surface area contributed by atoms with E-state index in [2.05, 4.69) is 21.0 Å². The minimum atomic E-state index is -0.355. The number of aryl methyl sites for hydroxylation is 1. The topological polar surface area (TPSA) is 60.7 Å². The van der Waals surface area contributed by atoms with Crippen molar-refractivity contribution in [1.82, 2.24) is 19.7 Å². The van der Waals surface area contributed by atoms with Gasteiger partial charge in [-0.05, 0) is 25.0 Å². The molecule has 0 atom stereocenters. The number of unbranched alkanes of at least 4 members (excludes halogenated alkanes) is 2. The first-order valence-electron chi connectivity index (χ1n) is 8.19. The normalized spacial score (nSPS) is 10.4. The zero-order chi connectivity index (χ0) is 17.5. The Morgan fingerprint density at radius 2 is 1.84 bits per heavy atom. The highest BCUT2D eigenvalue weighted by Crippen LogP contribution is 2.16. The molecule has 1 aromatic carbocycles. The van der Waals surface area contributed by atoms with Crippen molar-refractivity contribution in [2.24, 2.45) is 0 Å². The zero-order valence-corrected chi connectivity index (χ0v) is 13.8. The number of benzene rings is 1. The summed E-state index contributed by atoms with van der Waals surface area (Å²) in [6.45, 7) is 0.626. The molecule has 0 saturated heterocycles. The highest BCUT2D eigenvalue weighted by molar-refractivity contribution is 5.58. The minimum Gasteiger partial charge on any atom is -0.265 e. The van der Waals surface area contributed by atoms with Gasteiger partial charge < -0.3 is 0 Å². The summed E-state index contributed by atoms with van der Waals surface area (Å²) < 4.78 is 1.75. The average molecular weight is 330 g/mol. The largest absolute Gasteiger partial charge is 0.300 e. The standard InChI is InChI=1S/C20H18N4O/c1-2-3-4-10-15-24-19(17-13-8-9-14-21-17)22-20(25)18(23-24)16-11-6-5-7-12-16/h1,5-9,11-14H,3-4,10,15H2. The molecule has 0 saturated carbocycles. The van der Waals surface area contributed by atoms with Crippen LogP contribution in [-0.4, -0.2) is 19.7 Å². The quantitative estimate of drug-likeness (QED) is 0.514. The van der Waals surface area contributed by atoms with E-state index in [4.69, 9.17) is 6.42 Å². The second-order valence-electron chi connectivity index (χ2n) is 5.55. The van der Waals surface area contributed by atoms with Gasteiger partial charge in [0.2, 0.25) is 0 Å². The first-order valence-corrected chi connectivity index (χ1v) is 8.19. The van der Waals surface area contributed by atoms with Gasteiger partial charge in [-0.25, -0.2) is 4.68 Å². The summed E-state index contributed by atoms with van der Waals surface area (Å²) in [6.07, 6.45) is 9.46. The molecule has 3 aromatic rings. The summed E-state index contributed by atoms with van der Waals surface area (Å²) >= 11 is 0. The molecule has 0 aliphatic heterocycles. The summed E-state index contributed by atoms with van der Waals surface area (Å²) in [5.41, 5.74) is 1.37. The van der Waals surface area contributed by atoms with Gasteiger partial charge in [0.05, 0.1) is 0 Å². The maximum absolute atomic E-state index is 12.5. The molecule has 0 radical (unpaired) electrons. The first kappa shape index (κ1) is 16.6. The molecule has 2 heterocycles. The van der Waals surface area contributed by atoms with E-state index in [1.807, 2.05) is 48.5 Å². The Hall–Kier alpha value is -3.26. The average Bonchev–Trinajstić information content (AvgIpc) is 2.67. The molecule has 25 heavy (non-hydrogen) atoms. The van der Waals surface area contributed by atoms with Crippen LogP contribution in [0.1, 0.15) is 19.3 Å². The summed E-state index contributed by atoms with van der Waals surface area (Å²) in [6, 6.07) is 14.9. The molecule has 0 aliphatic rings. The van der Waals surface area contributed by atoms with Crippen molar-refractivity contribution in [3.8, 4) is 35.1 Å². The van der Waals surface area contributed by atoms with E-state index < -0.39 is 0 Å². The van der Waals surface area contributed by atoms with Crippen LogP contribution in [0.15, 0.2) is 59.5 Å². The van der Waals surface area contributed by atoms with E-state index in [9.17, 15) is 4.79 Å². The third kappa shape index (κ3) is 3.99. The van der Waals surface area contributed by atoms with Crippen molar-refractivity contribution in [3.05, 3.63) is 65.1 Å². The molecular weight excluding hydrogens is 312 g/mol. The van der Waals surface area contributed by atoms with Gasteiger partial charge in [-0.15, -0.1) is 12.3 Å². The Balaban J connectivity index is 2.04. The van der Waals surface area contributed by atoms with E-state index >= 15 is 0 Å². The second kappa shape index (κ2) is 8.02. The molecule has 0 fully saturated rings. The van der Waals surface area contributed by atoms with Crippen LogP contribution in [0.2, 0.25) is 0 Å². The molecule has 5 heteroatoms. The van der Waals surface area contributed by atoms with E-state index in [0.29, 0.717) is 23.8 Å². The van der Waals surface area contributed by atoms with Crippen LogP contribution in [0.5, 0.6) is 0 Å². The smallest absolute Gasteiger partial charge is 0.265 e. The van der Waals surface area contributed by atoms with E-state index in [1.165, 1.54) is 0 Å². The van der Waals surface area contributed by atoms with Crippen LogP contribution in [0.25, 0.3) is 22.8 Å². The molecule has 3 rings (SSSR count).